The molecule has 0 saturated carbocycles. The number of nitrogens with zero attached hydrogens (tertiary/aromatic N) is 2. The van der Waals surface area contributed by atoms with E-state index in [1.165, 1.54) is 0 Å². The molecule has 124 valence electrons. The second-order valence-corrected chi connectivity index (χ2v) is 5.75. The number of likely N-dealkylation sites (tertiary alicyclic amines) is 1. The Morgan fingerprint density at radius 3 is 2.83 bits per heavy atom. The van der Waals surface area contributed by atoms with Crippen molar-refractivity contribution in [2.45, 2.75) is 18.9 Å². The molecule has 1 atom stereocenters. The van der Waals surface area contributed by atoms with Gasteiger partial charge < -0.3 is 15.4 Å². The molecule has 1 aliphatic rings. The van der Waals surface area contributed by atoms with Gasteiger partial charge in [-0.2, -0.15) is 0 Å². The third kappa shape index (κ3) is 3.08. The van der Waals surface area contributed by atoms with E-state index in [-0.39, 0.29) is 5.91 Å². The average Bonchev–Trinajstić information content (AvgIpc) is 3.11. The maximum atomic E-state index is 12.7. The normalized spacial score (nSPS) is 16.9. The summed E-state index contributed by atoms with van der Waals surface area (Å²) in [7, 11) is 1.58. The summed E-state index contributed by atoms with van der Waals surface area (Å²) in [5.74, 6) is 0.0283. The topological polar surface area (TPSA) is 85.5 Å². The molecule has 2 N–H and O–H groups in total. The van der Waals surface area contributed by atoms with Crippen LogP contribution in [0.3, 0.4) is 0 Å². The molecule has 0 radical (unpaired) electrons. The van der Waals surface area contributed by atoms with Gasteiger partial charge in [0.1, 0.15) is 11.8 Å². The quantitative estimate of drug-likeness (QED) is 0.929. The highest BCUT2D eigenvalue weighted by molar-refractivity contribution is 5.98. The van der Waals surface area contributed by atoms with Crippen molar-refractivity contribution in [3.8, 4) is 16.9 Å². The Kier molecular flexibility index (Phi) is 4.46. The minimum atomic E-state index is -0.514. The molecule has 1 aromatic carbocycles. The van der Waals surface area contributed by atoms with Crippen LogP contribution in [0.4, 0.5) is 0 Å². The molecule has 2 heterocycles. The van der Waals surface area contributed by atoms with Gasteiger partial charge in [-0.1, -0.05) is 12.1 Å². The van der Waals surface area contributed by atoms with Gasteiger partial charge in [-0.3, -0.25) is 14.6 Å². The SMILES string of the molecule is COc1cncc(-c2cccc(C(=O)N3CCCC3C(N)=O)c2)c1. The molecule has 3 rings (SSSR count). The first-order chi connectivity index (χ1) is 11.6. The first-order valence-electron chi connectivity index (χ1n) is 7.80. The van der Waals surface area contributed by atoms with Crippen LogP contribution in [0.15, 0.2) is 42.7 Å². The van der Waals surface area contributed by atoms with Crippen molar-refractivity contribution in [2.75, 3.05) is 13.7 Å². The zero-order valence-corrected chi connectivity index (χ0v) is 13.4. The van der Waals surface area contributed by atoms with Gasteiger partial charge in [0.25, 0.3) is 5.91 Å². The number of hydrogen-bond donors (Lipinski definition) is 1. The number of carbonyl (C=O) groups excluding carboxylic acids is 2. The minimum absolute atomic E-state index is 0.172. The molecule has 2 aromatic rings. The Morgan fingerprint density at radius 1 is 1.25 bits per heavy atom. The molecule has 0 aliphatic carbocycles. The van der Waals surface area contributed by atoms with Gasteiger partial charge in [0.2, 0.25) is 5.91 Å². The number of ether oxygens (including phenoxy) is 1. The van der Waals surface area contributed by atoms with Gasteiger partial charge in [0.05, 0.1) is 13.3 Å². The Morgan fingerprint density at radius 2 is 2.08 bits per heavy atom. The van der Waals surface area contributed by atoms with Crippen LogP contribution in [-0.2, 0) is 4.79 Å². The molecular weight excluding hydrogens is 306 g/mol. The molecule has 1 unspecified atom stereocenters. The fourth-order valence-electron chi connectivity index (χ4n) is 2.99. The van der Waals surface area contributed by atoms with Crippen LogP contribution in [0.5, 0.6) is 5.75 Å². The van der Waals surface area contributed by atoms with Crippen LogP contribution in [0, 0.1) is 0 Å². The van der Waals surface area contributed by atoms with E-state index in [4.69, 9.17) is 10.5 Å². The lowest BCUT2D eigenvalue weighted by Crippen LogP contribution is -2.43. The molecule has 1 saturated heterocycles. The van der Waals surface area contributed by atoms with Gasteiger partial charge in [0.15, 0.2) is 0 Å². The number of amides is 2. The Balaban J connectivity index is 1.90. The summed E-state index contributed by atoms with van der Waals surface area (Å²) < 4.78 is 5.19. The van der Waals surface area contributed by atoms with E-state index in [0.29, 0.717) is 24.3 Å². The van der Waals surface area contributed by atoms with Crippen LogP contribution < -0.4 is 10.5 Å². The van der Waals surface area contributed by atoms with Gasteiger partial charge in [-0.15, -0.1) is 0 Å². The molecule has 6 nitrogen and oxygen atoms in total. The van der Waals surface area contributed by atoms with Crippen molar-refractivity contribution >= 4 is 11.8 Å². The van der Waals surface area contributed by atoms with Crippen LogP contribution >= 0.6 is 0 Å². The van der Waals surface area contributed by atoms with E-state index in [9.17, 15) is 9.59 Å². The van der Waals surface area contributed by atoms with E-state index in [1.54, 1.807) is 36.5 Å². The summed E-state index contributed by atoms with van der Waals surface area (Å²) in [6.45, 7) is 0.553. The van der Waals surface area contributed by atoms with Crippen molar-refractivity contribution in [2.24, 2.45) is 5.73 Å². The number of hydrogen-bond acceptors (Lipinski definition) is 4. The first-order valence-corrected chi connectivity index (χ1v) is 7.80. The molecule has 6 heteroatoms. The van der Waals surface area contributed by atoms with Crippen molar-refractivity contribution in [3.05, 3.63) is 48.3 Å². The van der Waals surface area contributed by atoms with E-state index < -0.39 is 11.9 Å². The van der Waals surface area contributed by atoms with Crippen LogP contribution in [0.1, 0.15) is 23.2 Å². The van der Waals surface area contributed by atoms with Gasteiger partial charge in [-0.05, 0) is 36.6 Å². The number of carbonyl (C=O) groups is 2. The number of aromatic nitrogens is 1. The number of primary amides is 1. The first kappa shape index (κ1) is 16.0. The molecule has 0 bridgehead atoms. The predicted octanol–water partition coefficient (Wildman–Crippen LogP) is 1.85. The van der Waals surface area contributed by atoms with Crippen molar-refractivity contribution in [1.82, 2.24) is 9.88 Å². The van der Waals surface area contributed by atoms with Crippen molar-refractivity contribution in [3.63, 3.8) is 0 Å². The fourth-order valence-corrected chi connectivity index (χ4v) is 2.99. The minimum Gasteiger partial charge on any atom is -0.495 e. The number of nitrogens with two attached hydrogens (primary N) is 1. The highest BCUT2D eigenvalue weighted by atomic mass is 16.5. The predicted molar refractivity (Wildman–Crippen MR) is 89.5 cm³/mol. The van der Waals surface area contributed by atoms with Gasteiger partial charge in [-0.25, -0.2) is 0 Å². The van der Waals surface area contributed by atoms with Crippen LogP contribution in [0.25, 0.3) is 11.1 Å². The van der Waals surface area contributed by atoms with E-state index in [0.717, 1.165) is 17.5 Å². The lowest BCUT2D eigenvalue weighted by molar-refractivity contribution is -0.121. The summed E-state index contributed by atoms with van der Waals surface area (Å²) in [6, 6.07) is 8.61. The zero-order chi connectivity index (χ0) is 17.1. The largest absolute Gasteiger partial charge is 0.495 e. The summed E-state index contributed by atoms with van der Waals surface area (Å²) in [4.78, 5) is 30.0. The zero-order valence-electron chi connectivity index (χ0n) is 13.4. The van der Waals surface area contributed by atoms with E-state index >= 15 is 0 Å². The Hall–Kier alpha value is -2.89. The lowest BCUT2D eigenvalue weighted by atomic mass is 10.0. The number of benzene rings is 1. The fraction of sp³-hybridized carbons (Fsp3) is 0.278. The van der Waals surface area contributed by atoms with Gasteiger partial charge in [0, 0.05) is 23.9 Å². The highest BCUT2D eigenvalue weighted by Crippen LogP contribution is 2.25. The Bertz CT molecular complexity index is 776. The number of methoxy groups -OCH3 is 1. The third-order valence-electron chi connectivity index (χ3n) is 4.23. The van der Waals surface area contributed by atoms with E-state index in [1.807, 2.05) is 18.2 Å². The second-order valence-electron chi connectivity index (χ2n) is 5.75. The average molecular weight is 325 g/mol. The summed E-state index contributed by atoms with van der Waals surface area (Å²) >= 11 is 0. The summed E-state index contributed by atoms with van der Waals surface area (Å²) in [6.07, 6.45) is 4.76. The monoisotopic (exact) mass is 325 g/mol. The number of rotatable bonds is 4. The molecular formula is C18H19N3O3. The van der Waals surface area contributed by atoms with Crippen LogP contribution in [0.2, 0.25) is 0 Å². The van der Waals surface area contributed by atoms with E-state index in [2.05, 4.69) is 4.98 Å². The Labute approximate surface area is 140 Å². The molecule has 0 spiro atoms. The molecule has 2 amide bonds. The smallest absolute Gasteiger partial charge is 0.254 e. The summed E-state index contributed by atoms with van der Waals surface area (Å²) in [5, 5.41) is 0. The summed E-state index contributed by atoms with van der Waals surface area (Å²) in [5.41, 5.74) is 7.65. The lowest BCUT2D eigenvalue weighted by Gasteiger charge is -2.22. The molecule has 1 aliphatic heterocycles. The number of pyridine rings is 1. The maximum absolute atomic E-state index is 12.7. The van der Waals surface area contributed by atoms with Gasteiger partial charge >= 0.3 is 0 Å². The van der Waals surface area contributed by atoms with Crippen LogP contribution in [-0.4, -0.2) is 41.4 Å². The molecule has 1 fully saturated rings. The second kappa shape index (κ2) is 6.70. The van der Waals surface area contributed by atoms with Crippen molar-refractivity contribution in [1.29, 1.82) is 0 Å². The maximum Gasteiger partial charge on any atom is 0.254 e. The standard InChI is InChI=1S/C18H19N3O3/c1-24-15-9-14(10-20-11-15)12-4-2-5-13(8-12)18(23)21-7-3-6-16(21)17(19)22/h2,4-5,8-11,16H,3,6-7H2,1H3,(H2,19,22). The third-order valence-corrected chi connectivity index (χ3v) is 4.23. The highest BCUT2D eigenvalue weighted by Gasteiger charge is 2.33. The van der Waals surface area contributed by atoms with Crippen molar-refractivity contribution < 1.29 is 14.3 Å². The molecule has 24 heavy (non-hydrogen) atoms. The molecule has 1 aromatic heterocycles.